The van der Waals surface area contributed by atoms with Crippen molar-refractivity contribution >= 4 is 11.3 Å². The number of aliphatic hydroxyl groups excluding tert-OH is 1. The summed E-state index contributed by atoms with van der Waals surface area (Å²) in [4.78, 5) is 10.8. The number of thiophene rings is 1. The van der Waals surface area contributed by atoms with Gasteiger partial charge in [-0.05, 0) is 23.8 Å². The molecule has 0 spiro atoms. The molecule has 1 aliphatic heterocycles. The number of hydrogen-bond acceptors (Lipinski definition) is 7. The first-order chi connectivity index (χ1) is 12.1. The fourth-order valence-corrected chi connectivity index (χ4v) is 4.05. The molecule has 1 aliphatic rings. The lowest BCUT2D eigenvalue weighted by atomic mass is 10.1. The van der Waals surface area contributed by atoms with E-state index in [0.29, 0.717) is 12.0 Å². The zero-order chi connectivity index (χ0) is 17.6. The highest BCUT2D eigenvalue weighted by Crippen LogP contribution is 2.20. The number of hydrogen-bond donors (Lipinski definition) is 1. The zero-order valence-electron chi connectivity index (χ0n) is 15.1. The van der Waals surface area contributed by atoms with Crippen molar-refractivity contribution in [2.45, 2.75) is 45.8 Å². The summed E-state index contributed by atoms with van der Waals surface area (Å²) < 4.78 is 5.35. The quantitative estimate of drug-likeness (QED) is 0.776. The molecule has 0 radical (unpaired) electrons. The summed E-state index contributed by atoms with van der Waals surface area (Å²) in [6.45, 7) is 9.13. The molecule has 1 saturated heterocycles. The van der Waals surface area contributed by atoms with Crippen LogP contribution in [0.3, 0.4) is 0 Å². The molecule has 2 aromatic rings. The van der Waals surface area contributed by atoms with Crippen LogP contribution in [0.2, 0.25) is 0 Å². The summed E-state index contributed by atoms with van der Waals surface area (Å²) in [7, 11) is 0. The summed E-state index contributed by atoms with van der Waals surface area (Å²) in [6, 6.07) is 4.65. The van der Waals surface area contributed by atoms with E-state index in [0.717, 1.165) is 57.3 Å². The number of piperazine rings is 1. The second-order valence-electron chi connectivity index (χ2n) is 7.15. The van der Waals surface area contributed by atoms with Gasteiger partial charge in [-0.1, -0.05) is 25.1 Å². The van der Waals surface area contributed by atoms with Gasteiger partial charge in [0, 0.05) is 50.1 Å². The molecule has 0 amide bonds. The predicted molar refractivity (Wildman–Crippen MR) is 98.3 cm³/mol. The third-order valence-corrected chi connectivity index (χ3v) is 5.41. The lowest BCUT2D eigenvalue weighted by Gasteiger charge is -2.40. The van der Waals surface area contributed by atoms with Gasteiger partial charge in [0.05, 0.1) is 6.54 Å². The van der Waals surface area contributed by atoms with Crippen molar-refractivity contribution in [3.63, 3.8) is 0 Å². The van der Waals surface area contributed by atoms with E-state index >= 15 is 0 Å². The summed E-state index contributed by atoms with van der Waals surface area (Å²) in [5.74, 6) is 2.02. The molecular formula is C18H28N4O2S. The highest BCUT2D eigenvalue weighted by molar-refractivity contribution is 7.09. The Morgan fingerprint density at radius 2 is 2.24 bits per heavy atom. The summed E-state index contributed by atoms with van der Waals surface area (Å²) in [5.41, 5.74) is 0. The first-order valence-corrected chi connectivity index (χ1v) is 9.93. The zero-order valence-corrected chi connectivity index (χ0v) is 15.9. The first kappa shape index (κ1) is 18.5. The SMILES string of the molecule is CC(C)Cc1nc(CN2CCN(Cc3cccs3)C(CCO)C2)no1. The monoisotopic (exact) mass is 364 g/mol. The molecule has 1 N–H and O–H groups in total. The largest absolute Gasteiger partial charge is 0.396 e. The fraction of sp³-hybridized carbons (Fsp3) is 0.667. The van der Waals surface area contributed by atoms with Crippen LogP contribution in [0.25, 0.3) is 0 Å². The molecule has 0 saturated carbocycles. The standard InChI is InChI=1S/C18H28N4O2S/c1-14(2)10-18-19-17(20-24-18)13-21-6-7-22(15(11-21)5-8-23)12-16-4-3-9-25-16/h3-4,9,14-15,23H,5-8,10-13H2,1-2H3. The summed E-state index contributed by atoms with van der Waals surface area (Å²) in [5, 5.41) is 15.7. The van der Waals surface area contributed by atoms with Gasteiger partial charge in [0.1, 0.15) is 0 Å². The highest BCUT2D eigenvalue weighted by atomic mass is 32.1. The second kappa shape index (κ2) is 8.89. The normalized spacial score (nSPS) is 19.8. The van der Waals surface area contributed by atoms with E-state index < -0.39 is 0 Å². The second-order valence-corrected chi connectivity index (χ2v) is 8.19. The molecular weight excluding hydrogens is 336 g/mol. The van der Waals surface area contributed by atoms with Gasteiger partial charge < -0.3 is 9.63 Å². The van der Waals surface area contributed by atoms with E-state index in [1.807, 2.05) is 0 Å². The van der Waals surface area contributed by atoms with Crippen LogP contribution in [0.5, 0.6) is 0 Å². The van der Waals surface area contributed by atoms with Crippen LogP contribution in [0.1, 0.15) is 36.9 Å². The van der Waals surface area contributed by atoms with Crippen molar-refractivity contribution in [2.75, 3.05) is 26.2 Å². The van der Waals surface area contributed by atoms with Gasteiger partial charge in [0.25, 0.3) is 0 Å². The Morgan fingerprint density at radius 1 is 1.36 bits per heavy atom. The van der Waals surface area contributed by atoms with E-state index in [2.05, 4.69) is 51.3 Å². The number of aliphatic hydroxyl groups is 1. The average Bonchev–Trinajstić information content (AvgIpc) is 3.22. The van der Waals surface area contributed by atoms with Crippen molar-refractivity contribution in [1.29, 1.82) is 0 Å². The molecule has 0 aromatic carbocycles. The van der Waals surface area contributed by atoms with Gasteiger partial charge >= 0.3 is 0 Å². The van der Waals surface area contributed by atoms with E-state index in [4.69, 9.17) is 4.52 Å². The summed E-state index contributed by atoms with van der Waals surface area (Å²) in [6.07, 6.45) is 1.63. The van der Waals surface area contributed by atoms with E-state index in [1.54, 1.807) is 11.3 Å². The van der Waals surface area contributed by atoms with Crippen molar-refractivity contribution in [3.05, 3.63) is 34.1 Å². The maximum Gasteiger partial charge on any atom is 0.226 e. The van der Waals surface area contributed by atoms with Crippen LogP contribution in [0, 0.1) is 5.92 Å². The third-order valence-electron chi connectivity index (χ3n) is 4.55. The molecule has 3 heterocycles. The third kappa shape index (κ3) is 5.34. The predicted octanol–water partition coefficient (Wildman–Crippen LogP) is 2.40. The Kier molecular flexibility index (Phi) is 6.58. The fourth-order valence-electron chi connectivity index (χ4n) is 3.32. The van der Waals surface area contributed by atoms with Gasteiger partial charge in [0.15, 0.2) is 5.82 Å². The van der Waals surface area contributed by atoms with Gasteiger partial charge in [-0.3, -0.25) is 9.80 Å². The molecule has 7 heteroatoms. The Hall–Kier alpha value is -1.28. The highest BCUT2D eigenvalue weighted by Gasteiger charge is 2.27. The van der Waals surface area contributed by atoms with Crippen LogP contribution < -0.4 is 0 Å². The molecule has 3 rings (SSSR count). The number of aromatic nitrogens is 2. The molecule has 0 bridgehead atoms. The average molecular weight is 365 g/mol. The number of rotatable bonds is 8. The van der Waals surface area contributed by atoms with E-state index in [9.17, 15) is 5.11 Å². The smallest absolute Gasteiger partial charge is 0.226 e. The van der Waals surface area contributed by atoms with E-state index in [-0.39, 0.29) is 6.61 Å². The lowest BCUT2D eigenvalue weighted by Crippen LogP contribution is -2.52. The maximum atomic E-state index is 9.44. The Morgan fingerprint density at radius 3 is 2.96 bits per heavy atom. The van der Waals surface area contributed by atoms with Crippen molar-refractivity contribution < 1.29 is 9.63 Å². The lowest BCUT2D eigenvalue weighted by molar-refractivity contribution is 0.0491. The van der Waals surface area contributed by atoms with Crippen molar-refractivity contribution in [1.82, 2.24) is 19.9 Å². The van der Waals surface area contributed by atoms with Crippen LogP contribution in [-0.2, 0) is 19.5 Å². The van der Waals surface area contributed by atoms with Crippen molar-refractivity contribution in [3.8, 4) is 0 Å². The Bertz CT molecular complexity index is 629. The minimum Gasteiger partial charge on any atom is -0.396 e. The molecule has 0 aliphatic carbocycles. The molecule has 6 nitrogen and oxygen atoms in total. The molecule has 25 heavy (non-hydrogen) atoms. The number of nitrogens with zero attached hydrogens (tertiary/aromatic N) is 4. The van der Waals surface area contributed by atoms with Crippen molar-refractivity contribution in [2.24, 2.45) is 5.92 Å². The molecule has 138 valence electrons. The molecule has 2 aromatic heterocycles. The molecule has 1 fully saturated rings. The first-order valence-electron chi connectivity index (χ1n) is 9.05. The minimum atomic E-state index is 0.222. The Labute approximate surface area is 153 Å². The van der Waals surface area contributed by atoms with Gasteiger partial charge in [-0.15, -0.1) is 11.3 Å². The minimum absolute atomic E-state index is 0.222. The van der Waals surface area contributed by atoms with Crippen LogP contribution >= 0.6 is 11.3 Å². The van der Waals surface area contributed by atoms with Crippen LogP contribution in [-0.4, -0.2) is 57.3 Å². The van der Waals surface area contributed by atoms with Crippen LogP contribution in [0.4, 0.5) is 0 Å². The van der Waals surface area contributed by atoms with Gasteiger partial charge in [-0.25, -0.2) is 0 Å². The van der Waals surface area contributed by atoms with Gasteiger partial charge in [-0.2, -0.15) is 4.98 Å². The Balaban J connectivity index is 1.56. The molecule has 1 unspecified atom stereocenters. The van der Waals surface area contributed by atoms with Gasteiger partial charge in [0.2, 0.25) is 5.89 Å². The topological polar surface area (TPSA) is 65.6 Å². The summed E-state index contributed by atoms with van der Waals surface area (Å²) >= 11 is 1.80. The van der Waals surface area contributed by atoms with E-state index in [1.165, 1.54) is 4.88 Å². The van der Waals surface area contributed by atoms with Crippen LogP contribution in [0.15, 0.2) is 22.0 Å². The maximum absolute atomic E-state index is 9.44. The molecule has 1 atom stereocenters.